The smallest absolute Gasteiger partial charge is 0.118 e. The number of methoxy groups -OCH3 is 2. The summed E-state index contributed by atoms with van der Waals surface area (Å²) in [5.74, 6) is 1.68. The summed E-state index contributed by atoms with van der Waals surface area (Å²) in [6.45, 7) is 0. The van der Waals surface area contributed by atoms with Gasteiger partial charge in [0.2, 0.25) is 0 Å². The maximum atomic E-state index is 5.40. The first-order chi connectivity index (χ1) is 16.8. The highest BCUT2D eigenvalue weighted by Gasteiger charge is 2.21. The van der Waals surface area contributed by atoms with Gasteiger partial charge in [0.15, 0.2) is 0 Å². The average molecular weight is 445 g/mol. The Labute approximate surface area is 197 Å². The van der Waals surface area contributed by atoms with Crippen LogP contribution in [0.5, 0.6) is 11.5 Å². The van der Waals surface area contributed by atoms with Crippen molar-refractivity contribution in [1.82, 2.24) is 9.97 Å². The zero-order chi connectivity index (χ0) is 23.1. The molecule has 0 spiro atoms. The fourth-order valence-corrected chi connectivity index (χ4v) is 4.77. The topological polar surface area (TPSA) is 50.0 Å². The van der Waals surface area contributed by atoms with Gasteiger partial charge >= 0.3 is 0 Å². The van der Waals surface area contributed by atoms with E-state index < -0.39 is 0 Å². The molecule has 34 heavy (non-hydrogen) atoms. The summed E-state index contributed by atoms with van der Waals surface area (Å²) in [6.07, 6.45) is 0. The van der Waals surface area contributed by atoms with E-state index in [2.05, 4.69) is 82.8 Å². The lowest BCUT2D eigenvalue weighted by Gasteiger charge is -2.09. The summed E-state index contributed by atoms with van der Waals surface area (Å²) >= 11 is 0. The predicted octanol–water partition coefficient (Wildman–Crippen LogP) is 7.67. The Morgan fingerprint density at radius 1 is 0.471 bits per heavy atom. The number of rotatable bonds is 5. The highest BCUT2D eigenvalue weighted by atomic mass is 16.5. The van der Waals surface area contributed by atoms with Gasteiger partial charge in [-0.15, -0.1) is 0 Å². The summed E-state index contributed by atoms with van der Waals surface area (Å²) in [7, 11) is 3.38. The Hall–Kier alpha value is -4.44. The van der Waals surface area contributed by atoms with Gasteiger partial charge in [0.25, 0.3) is 0 Å². The first-order valence-electron chi connectivity index (χ1n) is 11.3. The number of aromatic amines is 2. The third kappa shape index (κ3) is 3.23. The van der Waals surface area contributed by atoms with Gasteiger partial charge in [0, 0.05) is 32.9 Å². The minimum atomic E-state index is 0.842. The molecule has 4 heteroatoms. The van der Waals surface area contributed by atoms with Gasteiger partial charge in [-0.05, 0) is 47.5 Å². The van der Waals surface area contributed by atoms with Crippen molar-refractivity contribution < 1.29 is 9.47 Å². The largest absolute Gasteiger partial charge is 0.497 e. The molecule has 4 nitrogen and oxygen atoms in total. The average Bonchev–Trinajstić information content (AvgIpc) is 3.47. The van der Waals surface area contributed by atoms with Crippen molar-refractivity contribution in [1.29, 1.82) is 0 Å². The van der Waals surface area contributed by atoms with Crippen LogP contribution < -0.4 is 9.47 Å². The van der Waals surface area contributed by atoms with Crippen LogP contribution in [0.2, 0.25) is 0 Å². The Balaban J connectivity index is 1.66. The van der Waals surface area contributed by atoms with Gasteiger partial charge in [0.1, 0.15) is 11.5 Å². The van der Waals surface area contributed by atoms with Crippen LogP contribution in [-0.2, 0) is 0 Å². The highest BCUT2D eigenvalue weighted by molar-refractivity contribution is 6.10. The lowest BCUT2D eigenvalue weighted by atomic mass is 9.96. The zero-order valence-corrected chi connectivity index (χ0v) is 19.1. The van der Waals surface area contributed by atoms with Crippen LogP contribution in [-0.4, -0.2) is 24.2 Å². The number of hydrogen-bond donors (Lipinski definition) is 2. The number of ether oxygens (including phenoxy) is 2. The van der Waals surface area contributed by atoms with E-state index in [9.17, 15) is 0 Å². The minimum Gasteiger partial charge on any atom is -0.497 e. The molecule has 0 bridgehead atoms. The fourth-order valence-electron chi connectivity index (χ4n) is 4.77. The summed E-state index contributed by atoms with van der Waals surface area (Å²) < 4.78 is 10.8. The third-order valence-corrected chi connectivity index (χ3v) is 6.42. The molecule has 2 N–H and O–H groups in total. The molecular formula is C30H24N2O2. The monoisotopic (exact) mass is 444 g/mol. The van der Waals surface area contributed by atoms with Crippen LogP contribution in [0, 0.1) is 0 Å². The summed E-state index contributed by atoms with van der Waals surface area (Å²) in [5, 5.41) is 2.36. The van der Waals surface area contributed by atoms with Gasteiger partial charge in [-0.2, -0.15) is 0 Å². The molecule has 6 rings (SSSR count). The third-order valence-electron chi connectivity index (χ3n) is 6.42. The van der Waals surface area contributed by atoms with Gasteiger partial charge in [0.05, 0.1) is 25.6 Å². The van der Waals surface area contributed by atoms with Gasteiger partial charge in [-0.25, -0.2) is 0 Å². The fraction of sp³-hybridized carbons (Fsp3) is 0.0667. The number of hydrogen-bond acceptors (Lipinski definition) is 2. The molecule has 0 aliphatic carbocycles. The Morgan fingerprint density at radius 3 is 1.24 bits per heavy atom. The lowest BCUT2D eigenvalue weighted by Crippen LogP contribution is -1.88. The van der Waals surface area contributed by atoms with Crippen LogP contribution in [0.25, 0.3) is 55.4 Å². The molecule has 0 amide bonds. The standard InChI is InChI=1S/C30H24N2O2/c1-33-21-15-11-19(12-16-21)27-23-7-3-5-9-25(23)31-29(27)30-28(20-13-17-22(34-2)18-14-20)24-8-4-6-10-26(24)32-30/h3-18,31-32H,1-2H3. The molecule has 6 aromatic rings. The normalized spacial score (nSPS) is 11.2. The minimum absolute atomic E-state index is 0.842. The molecule has 0 aliphatic rings. The summed E-state index contributed by atoms with van der Waals surface area (Å²) in [5.41, 5.74) is 8.92. The molecule has 0 aliphatic heterocycles. The molecule has 2 heterocycles. The molecule has 0 radical (unpaired) electrons. The van der Waals surface area contributed by atoms with Crippen molar-refractivity contribution in [2.45, 2.75) is 0 Å². The lowest BCUT2D eigenvalue weighted by molar-refractivity contribution is 0.415. The van der Waals surface area contributed by atoms with E-state index in [1.807, 2.05) is 24.3 Å². The van der Waals surface area contributed by atoms with Crippen molar-refractivity contribution in [2.24, 2.45) is 0 Å². The van der Waals surface area contributed by atoms with E-state index in [1.165, 1.54) is 21.9 Å². The van der Waals surface area contributed by atoms with Gasteiger partial charge in [-0.3, -0.25) is 0 Å². The predicted molar refractivity (Wildman–Crippen MR) is 140 cm³/mol. The van der Waals surface area contributed by atoms with Crippen molar-refractivity contribution >= 4 is 21.8 Å². The van der Waals surface area contributed by atoms with E-state index >= 15 is 0 Å². The van der Waals surface area contributed by atoms with Crippen LogP contribution in [0.15, 0.2) is 97.1 Å². The quantitative estimate of drug-likeness (QED) is 0.287. The number of para-hydroxylation sites is 2. The second-order valence-electron chi connectivity index (χ2n) is 8.30. The van der Waals surface area contributed by atoms with Gasteiger partial charge < -0.3 is 19.4 Å². The molecule has 0 atom stereocenters. The molecule has 0 fully saturated rings. The first kappa shape index (κ1) is 20.2. The summed E-state index contributed by atoms with van der Waals surface area (Å²) in [4.78, 5) is 7.43. The Morgan fingerprint density at radius 2 is 0.853 bits per heavy atom. The number of nitrogens with one attached hydrogen (secondary N) is 2. The van der Waals surface area contributed by atoms with Crippen LogP contribution in [0.3, 0.4) is 0 Å². The molecule has 166 valence electrons. The molecule has 0 unspecified atom stereocenters. The van der Waals surface area contributed by atoms with Crippen molar-refractivity contribution in [2.75, 3.05) is 14.2 Å². The second kappa shape index (κ2) is 8.16. The van der Waals surface area contributed by atoms with E-state index in [0.29, 0.717) is 0 Å². The Bertz CT molecular complexity index is 1480. The number of aromatic nitrogens is 2. The van der Waals surface area contributed by atoms with E-state index in [0.717, 1.165) is 45.0 Å². The number of benzene rings is 4. The van der Waals surface area contributed by atoms with E-state index in [1.54, 1.807) is 14.2 Å². The van der Waals surface area contributed by atoms with Crippen molar-refractivity contribution in [3.05, 3.63) is 97.1 Å². The van der Waals surface area contributed by atoms with Crippen LogP contribution in [0.1, 0.15) is 0 Å². The van der Waals surface area contributed by atoms with Crippen molar-refractivity contribution in [3.63, 3.8) is 0 Å². The van der Waals surface area contributed by atoms with Crippen molar-refractivity contribution in [3.8, 4) is 45.1 Å². The summed E-state index contributed by atoms with van der Waals surface area (Å²) in [6, 6.07) is 33.4. The number of fused-ring (bicyclic) bond motifs is 2. The van der Waals surface area contributed by atoms with E-state index in [-0.39, 0.29) is 0 Å². The Kier molecular flexibility index (Phi) is 4.84. The maximum Gasteiger partial charge on any atom is 0.118 e. The van der Waals surface area contributed by atoms with Gasteiger partial charge in [-0.1, -0.05) is 60.7 Å². The maximum absolute atomic E-state index is 5.40. The van der Waals surface area contributed by atoms with Crippen LogP contribution >= 0.6 is 0 Å². The number of H-pyrrole nitrogens is 2. The molecular weight excluding hydrogens is 420 g/mol. The SMILES string of the molecule is COc1ccc(-c2c(-c3[nH]c4ccccc4c3-c3ccc(OC)cc3)[nH]c3ccccc23)cc1. The zero-order valence-electron chi connectivity index (χ0n) is 19.1. The molecule has 4 aromatic carbocycles. The molecule has 0 saturated heterocycles. The first-order valence-corrected chi connectivity index (χ1v) is 11.3. The van der Waals surface area contributed by atoms with Crippen LogP contribution in [0.4, 0.5) is 0 Å². The highest BCUT2D eigenvalue weighted by Crippen LogP contribution is 2.44. The molecule has 0 saturated carbocycles. The van der Waals surface area contributed by atoms with E-state index in [4.69, 9.17) is 9.47 Å². The molecule has 2 aromatic heterocycles. The second-order valence-corrected chi connectivity index (χ2v) is 8.30.